The molecule has 2 heterocycles. The summed E-state index contributed by atoms with van der Waals surface area (Å²) in [6.45, 7) is 0. The van der Waals surface area contributed by atoms with Crippen LogP contribution in [0.5, 0.6) is 0 Å². The number of benzene rings is 1. The standard InChI is InChI=1S/C14H10N2O/c17-10-11-2-1-3-12(8-11)13-4-6-16-7-5-15-14(16)9-13/h1-10H. The van der Waals surface area contributed by atoms with Gasteiger partial charge in [0.25, 0.3) is 0 Å². The molecular formula is C14H10N2O. The molecule has 0 spiro atoms. The van der Waals surface area contributed by atoms with E-state index in [1.54, 1.807) is 12.3 Å². The maximum atomic E-state index is 10.7. The van der Waals surface area contributed by atoms with E-state index in [1.165, 1.54) is 0 Å². The smallest absolute Gasteiger partial charge is 0.150 e. The van der Waals surface area contributed by atoms with E-state index in [9.17, 15) is 4.79 Å². The average Bonchev–Trinajstić information content (AvgIpc) is 2.86. The zero-order valence-electron chi connectivity index (χ0n) is 9.08. The number of pyridine rings is 1. The molecule has 0 aliphatic heterocycles. The second-order valence-electron chi connectivity index (χ2n) is 3.85. The van der Waals surface area contributed by atoms with E-state index < -0.39 is 0 Å². The van der Waals surface area contributed by atoms with E-state index in [2.05, 4.69) is 4.98 Å². The van der Waals surface area contributed by atoms with E-state index in [1.807, 2.05) is 47.1 Å². The molecule has 3 aromatic rings. The van der Waals surface area contributed by atoms with Crippen LogP contribution in [0.1, 0.15) is 10.4 Å². The third-order valence-corrected chi connectivity index (χ3v) is 2.75. The van der Waals surface area contributed by atoms with E-state index in [0.29, 0.717) is 5.56 Å². The average molecular weight is 222 g/mol. The number of carbonyl (C=O) groups excluding carboxylic acids is 1. The highest BCUT2D eigenvalue weighted by molar-refractivity contribution is 5.79. The number of carbonyl (C=O) groups is 1. The number of nitrogens with zero attached hydrogens (tertiary/aromatic N) is 2. The zero-order chi connectivity index (χ0) is 11.7. The van der Waals surface area contributed by atoms with E-state index in [0.717, 1.165) is 23.1 Å². The Hall–Kier alpha value is -2.42. The number of rotatable bonds is 2. The van der Waals surface area contributed by atoms with Crippen LogP contribution >= 0.6 is 0 Å². The maximum absolute atomic E-state index is 10.7. The van der Waals surface area contributed by atoms with Crippen molar-refractivity contribution in [3.05, 3.63) is 60.6 Å². The van der Waals surface area contributed by atoms with Gasteiger partial charge >= 0.3 is 0 Å². The van der Waals surface area contributed by atoms with Gasteiger partial charge in [0.15, 0.2) is 0 Å². The Morgan fingerprint density at radius 3 is 2.82 bits per heavy atom. The monoisotopic (exact) mass is 222 g/mol. The lowest BCUT2D eigenvalue weighted by Crippen LogP contribution is -1.86. The molecule has 3 nitrogen and oxygen atoms in total. The van der Waals surface area contributed by atoms with Gasteiger partial charge in [-0.2, -0.15) is 0 Å². The predicted molar refractivity (Wildman–Crippen MR) is 66.0 cm³/mol. The Morgan fingerprint density at radius 2 is 1.94 bits per heavy atom. The maximum Gasteiger partial charge on any atom is 0.150 e. The van der Waals surface area contributed by atoms with E-state index in [4.69, 9.17) is 0 Å². The van der Waals surface area contributed by atoms with Crippen LogP contribution in [0.4, 0.5) is 0 Å². The van der Waals surface area contributed by atoms with Gasteiger partial charge in [-0.15, -0.1) is 0 Å². The molecule has 0 atom stereocenters. The number of hydrogen-bond acceptors (Lipinski definition) is 2. The van der Waals surface area contributed by atoms with Gasteiger partial charge in [0, 0.05) is 24.2 Å². The predicted octanol–water partition coefficient (Wildman–Crippen LogP) is 2.81. The summed E-state index contributed by atoms with van der Waals surface area (Å²) in [5.41, 5.74) is 3.68. The first-order valence-electron chi connectivity index (χ1n) is 5.35. The minimum Gasteiger partial charge on any atom is -0.307 e. The molecule has 0 aliphatic carbocycles. The molecule has 0 saturated heterocycles. The second-order valence-corrected chi connectivity index (χ2v) is 3.85. The molecule has 0 bridgehead atoms. The first-order chi connectivity index (χ1) is 8.36. The third kappa shape index (κ3) is 1.72. The van der Waals surface area contributed by atoms with Crippen LogP contribution in [0.2, 0.25) is 0 Å². The Morgan fingerprint density at radius 1 is 1.06 bits per heavy atom. The fraction of sp³-hybridized carbons (Fsp3) is 0. The lowest BCUT2D eigenvalue weighted by atomic mass is 10.0. The van der Waals surface area contributed by atoms with Crippen LogP contribution in [0.3, 0.4) is 0 Å². The summed E-state index contributed by atoms with van der Waals surface area (Å²) in [5, 5.41) is 0. The van der Waals surface area contributed by atoms with Crippen molar-refractivity contribution in [2.45, 2.75) is 0 Å². The summed E-state index contributed by atoms with van der Waals surface area (Å²) in [5.74, 6) is 0. The molecule has 0 amide bonds. The largest absolute Gasteiger partial charge is 0.307 e. The molecule has 17 heavy (non-hydrogen) atoms. The second kappa shape index (κ2) is 3.87. The first-order valence-corrected chi connectivity index (χ1v) is 5.35. The number of aromatic nitrogens is 2. The van der Waals surface area contributed by atoms with Gasteiger partial charge in [-0.25, -0.2) is 4.98 Å². The highest BCUT2D eigenvalue weighted by Crippen LogP contribution is 2.21. The number of fused-ring (bicyclic) bond motifs is 1. The van der Waals surface area contributed by atoms with Gasteiger partial charge in [0.05, 0.1) is 0 Å². The minimum atomic E-state index is 0.686. The Kier molecular flexibility index (Phi) is 2.22. The van der Waals surface area contributed by atoms with Gasteiger partial charge in [0.2, 0.25) is 0 Å². The van der Waals surface area contributed by atoms with E-state index >= 15 is 0 Å². The molecule has 0 N–H and O–H groups in total. The Balaban J connectivity index is 2.15. The summed E-state index contributed by atoms with van der Waals surface area (Å²) in [6, 6.07) is 11.6. The van der Waals surface area contributed by atoms with Crippen molar-refractivity contribution in [3.8, 4) is 11.1 Å². The van der Waals surface area contributed by atoms with Crippen LogP contribution in [-0.4, -0.2) is 15.7 Å². The normalized spacial score (nSPS) is 10.6. The quantitative estimate of drug-likeness (QED) is 0.625. The molecular weight excluding hydrogens is 212 g/mol. The Labute approximate surface area is 98.4 Å². The van der Waals surface area contributed by atoms with E-state index in [-0.39, 0.29) is 0 Å². The lowest BCUT2D eigenvalue weighted by molar-refractivity contribution is 0.112. The fourth-order valence-corrected chi connectivity index (χ4v) is 1.88. The summed E-state index contributed by atoms with van der Waals surface area (Å²) in [6.07, 6.45) is 6.49. The van der Waals surface area contributed by atoms with Crippen molar-refractivity contribution in [2.24, 2.45) is 0 Å². The van der Waals surface area contributed by atoms with Gasteiger partial charge in [0.1, 0.15) is 11.9 Å². The number of imidazole rings is 1. The molecule has 2 aromatic heterocycles. The molecule has 0 fully saturated rings. The molecule has 0 radical (unpaired) electrons. The third-order valence-electron chi connectivity index (χ3n) is 2.75. The van der Waals surface area contributed by atoms with Crippen LogP contribution in [0, 0.1) is 0 Å². The lowest BCUT2D eigenvalue weighted by Gasteiger charge is -2.03. The van der Waals surface area contributed by atoms with Gasteiger partial charge in [-0.3, -0.25) is 4.79 Å². The van der Waals surface area contributed by atoms with Crippen LogP contribution in [-0.2, 0) is 0 Å². The summed E-state index contributed by atoms with van der Waals surface area (Å²) in [7, 11) is 0. The molecule has 1 aromatic carbocycles. The fourth-order valence-electron chi connectivity index (χ4n) is 1.88. The van der Waals surface area contributed by atoms with Crippen molar-refractivity contribution < 1.29 is 4.79 Å². The first kappa shape index (κ1) is 9.78. The van der Waals surface area contributed by atoms with Crippen LogP contribution in [0.15, 0.2) is 55.0 Å². The highest BCUT2D eigenvalue weighted by atomic mass is 16.1. The molecule has 3 heteroatoms. The van der Waals surface area contributed by atoms with Crippen molar-refractivity contribution >= 4 is 11.9 Å². The van der Waals surface area contributed by atoms with Crippen molar-refractivity contribution in [2.75, 3.05) is 0 Å². The molecule has 0 saturated carbocycles. The number of hydrogen-bond donors (Lipinski definition) is 0. The Bertz CT molecular complexity index is 685. The highest BCUT2D eigenvalue weighted by Gasteiger charge is 2.01. The van der Waals surface area contributed by atoms with Crippen molar-refractivity contribution in [3.63, 3.8) is 0 Å². The molecule has 0 unspecified atom stereocenters. The molecule has 0 aliphatic rings. The van der Waals surface area contributed by atoms with Crippen molar-refractivity contribution in [1.82, 2.24) is 9.38 Å². The number of aldehydes is 1. The molecule has 3 rings (SSSR count). The van der Waals surface area contributed by atoms with Crippen molar-refractivity contribution in [1.29, 1.82) is 0 Å². The zero-order valence-corrected chi connectivity index (χ0v) is 9.08. The van der Waals surface area contributed by atoms with Gasteiger partial charge in [-0.05, 0) is 29.3 Å². The topological polar surface area (TPSA) is 34.4 Å². The molecule has 82 valence electrons. The summed E-state index contributed by atoms with van der Waals surface area (Å²) < 4.78 is 1.95. The van der Waals surface area contributed by atoms with Crippen LogP contribution < -0.4 is 0 Å². The minimum absolute atomic E-state index is 0.686. The summed E-state index contributed by atoms with van der Waals surface area (Å²) >= 11 is 0. The van der Waals surface area contributed by atoms with Crippen LogP contribution in [0.25, 0.3) is 16.8 Å². The SMILES string of the molecule is O=Cc1cccc(-c2ccn3ccnc3c2)c1. The summed E-state index contributed by atoms with van der Waals surface area (Å²) in [4.78, 5) is 15.0. The van der Waals surface area contributed by atoms with Gasteiger partial charge < -0.3 is 4.40 Å². The van der Waals surface area contributed by atoms with Gasteiger partial charge in [-0.1, -0.05) is 18.2 Å².